The van der Waals surface area contributed by atoms with Gasteiger partial charge in [-0.15, -0.1) is 0 Å². The first-order chi connectivity index (χ1) is 10.8. The Labute approximate surface area is 126 Å². The molecule has 3 aromatic rings. The lowest BCUT2D eigenvalue weighted by molar-refractivity contribution is 0.580. The molecule has 3 rings (SSSR count). The highest BCUT2D eigenvalue weighted by Gasteiger charge is 2.16. The van der Waals surface area contributed by atoms with Gasteiger partial charge in [-0.05, 0) is 23.8 Å². The predicted octanol–water partition coefficient (Wildman–Crippen LogP) is 2.20. The van der Waals surface area contributed by atoms with Gasteiger partial charge in [0.2, 0.25) is 5.95 Å². The molecule has 0 aromatic carbocycles. The summed E-state index contributed by atoms with van der Waals surface area (Å²) in [5.74, 6) is 0.902. The number of aromatic nitrogens is 3. The van der Waals surface area contributed by atoms with E-state index in [0.29, 0.717) is 23.8 Å². The lowest BCUT2D eigenvalue weighted by Crippen LogP contribution is -2.08. The Morgan fingerprint density at radius 3 is 2.86 bits per heavy atom. The number of anilines is 2. The van der Waals surface area contributed by atoms with Gasteiger partial charge in [0.25, 0.3) is 0 Å². The molecule has 108 valence electrons. The predicted molar refractivity (Wildman–Crippen MR) is 80.4 cm³/mol. The summed E-state index contributed by atoms with van der Waals surface area (Å²) < 4.78 is 5.30. The van der Waals surface area contributed by atoms with Gasteiger partial charge in [0, 0.05) is 18.9 Å². The molecule has 0 unspecified atom stereocenters. The van der Waals surface area contributed by atoms with E-state index in [4.69, 9.17) is 10.2 Å². The molecule has 7 nitrogen and oxygen atoms in total. The van der Waals surface area contributed by atoms with Crippen molar-refractivity contribution in [1.29, 1.82) is 5.26 Å². The van der Waals surface area contributed by atoms with Gasteiger partial charge in [0.15, 0.2) is 11.6 Å². The molecule has 3 aromatic heterocycles. The zero-order valence-corrected chi connectivity index (χ0v) is 11.5. The maximum atomic E-state index is 9.42. The second-order valence-electron chi connectivity index (χ2n) is 4.46. The second-order valence-corrected chi connectivity index (χ2v) is 4.46. The number of nitrogens with one attached hydrogen (secondary N) is 1. The Balaban J connectivity index is 1.96. The Hall–Kier alpha value is -3.40. The summed E-state index contributed by atoms with van der Waals surface area (Å²) in [7, 11) is 0. The van der Waals surface area contributed by atoms with Crippen molar-refractivity contribution in [2.24, 2.45) is 0 Å². The molecule has 0 atom stereocenters. The smallest absolute Gasteiger partial charge is 0.222 e. The van der Waals surface area contributed by atoms with Crippen molar-refractivity contribution < 1.29 is 4.42 Å². The minimum Gasteiger partial charge on any atom is -0.463 e. The molecule has 3 N–H and O–H groups in total. The summed E-state index contributed by atoms with van der Waals surface area (Å²) in [4.78, 5) is 12.2. The van der Waals surface area contributed by atoms with E-state index in [1.807, 2.05) is 12.1 Å². The molecule has 0 aliphatic rings. The highest BCUT2D eigenvalue weighted by Crippen LogP contribution is 2.27. The van der Waals surface area contributed by atoms with E-state index >= 15 is 0 Å². The topological polar surface area (TPSA) is 114 Å². The maximum Gasteiger partial charge on any atom is 0.222 e. The van der Waals surface area contributed by atoms with Gasteiger partial charge in [0.05, 0.1) is 6.26 Å². The molecule has 0 saturated heterocycles. The summed E-state index contributed by atoms with van der Waals surface area (Å²) in [5.41, 5.74) is 7.35. The van der Waals surface area contributed by atoms with Crippen LogP contribution in [0.2, 0.25) is 0 Å². The average Bonchev–Trinajstić information content (AvgIpc) is 3.07. The highest BCUT2D eigenvalue weighted by molar-refractivity contribution is 5.71. The van der Waals surface area contributed by atoms with Crippen molar-refractivity contribution in [2.75, 3.05) is 11.1 Å². The molecule has 0 aliphatic heterocycles. The number of rotatable bonds is 4. The highest BCUT2D eigenvalue weighted by atomic mass is 16.3. The molecule has 0 saturated carbocycles. The summed E-state index contributed by atoms with van der Waals surface area (Å²) in [6, 6.07) is 9.29. The largest absolute Gasteiger partial charge is 0.463 e. The van der Waals surface area contributed by atoms with Gasteiger partial charge < -0.3 is 15.5 Å². The van der Waals surface area contributed by atoms with Crippen molar-refractivity contribution in [3.8, 4) is 17.5 Å². The molecule has 7 heteroatoms. The number of nitriles is 1. The van der Waals surface area contributed by atoms with Crippen LogP contribution in [0.15, 0.2) is 47.3 Å². The molecule has 0 bridgehead atoms. The fourth-order valence-electron chi connectivity index (χ4n) is 1.99. The van der Waals surface area contributed by atoms with Crippen LogP contribution in [-0.2, 0) is 6.54 Å². The van der Waals surface area contributed by atoms with Crippen LogP contribution in [0.25, 0.3) is 11.5 Å². The van der Waals surface area contributed by atoms with Gasteiger partial charge in [-0.2, -0.15) is 10.2 Å². The number of hydrogen-bond donors (Lipinski definition) is 2. The van der Waals surface area contributed by atoms with Crippen LogP contribution in [-0.4, -0.2) is 15.0 Å². The van der Waals surface area contributed by atoms with E-state index in [9.17, 15) is 5.26 Å². The summed E-state index contributed by atoms with van der Waals surface area (Å²) >= 11 is 0. The zero-order valence-electron chi connectivity index (χ0n) is 11.5. The lowest BCUT2D eigenvalue weighted by Gasteiger charge is -2.10. The fourth-order valence-corrected chi connectivity index (χ4v) is 1.99. The number of hydrogen-bond acceptors (Lipinski definition) is 7. The quantitative estimate of drug-likeness (QED) is 0.757. The van der Waals surface area contributed by atoms with Crippen molar-refractivity contribution >= 4 is 11.8 Å². The number of nitrogens with zero attached hydrogens (tertiary/aromatic N) is 4. The molecule has 22 heavy (non-hydrogen) atoms. The number of nitrogen functional groups attached to an aromatic ring is 1. The Bertz CT molecular complexity index is 808. The molecule has 0 aliphatic carbocycles. The first-order valence-corrected chi connectivity index (χ1v) is 6.52. The minimum atomic E-state index is 0.0686. The van der Waals surface area contributed by atoms with Crippen LogP contribution >= 0.6 is 0 Å². The second kappa shape index (κ2) is 5.93. The molecule has 3 heterocycles. The first kappa shape index (κ1) is 13.6. The zero-order chi connectivity index (χ0) is 15.4. The first-order valence-electron chi connectivity index (χ1n) is 6.52. The Morgan fingerprint density at radius 2 is 2.18 bits per heavy atom. The maximum absolute atomic E-state index is 9.42. The minimum absolute atomic E-state index is 0.0686. The van der Waals surface area contributed by atoms with Crippen LogP contribution in [0, 0.1) is 11.3 Å². The van der Waals surface area contributed by atoms with Gasteiger partial charge in [-0.25, -0.2) is 4.98 Å². The number of furan rings is 1. The standard InChI is InChI=1S/C15H12N6O/c16-7-11-13(12-4-2-6-22-12)20-15(17)21-14(11)19-9-10-3-1-5-18-8-10/h1-6,8H,9H2,(H3,17,19,20,21). The monoisotopic (exact) mass is 292 g/mol. The van der Waals surface area contributed by atoms with E-state index in [1.165, 1.54) is 6.26 Å². The molecule has 0 radical (unpaired) electrons. The fraction of sp³-hybridized carbons (Fsp3) is 0.0667. The van der Waals surface area contributed by atoms with E-state index in [0.717, 1.165) is 5.56 Å². The molecule has 0 amide bonds. The Morgan fingerprint density at radius 1 is 1.27 bits per heavy atom. The molecule has 0 fully saturated rings. The van der Waals surface area contributed by atoms with Crippen LogP contribution in [0.3, 0.4) is 0 Å². The summed E-state index contributed by atoms with van der Waals surface area (Å²) in [6.07, 6.45) is 4.94. The van der Waals surface area contributed by atoms with E-state index in [2.05, 4.69) is 26.3 Å². The van der Waals surface area contributed by atoms with Crippen LogP contribution in [0.5, 0.6) is 0 Å². The molecular formula is C15H12N6O. The average molecular weight is 292 g/mol. The third kappa shape index (κ3) is 2.71. The van der Waals surface area contributed by atoms with E-state index in [-0.39, 0.29) is 11.5 Å². The van der Waals surface area contributed by atoms with Gasteiger partial charge in [-0.3, -0.25) is 4.98 Å². The van der Waals surface area contributed by atoms with Crippen LogP contribution in [0.1, 0.15) is 11.1 Å². The summed E-state index contributed by atoms with van der Waals surface area (Å²) in [5, 5.41) is 12.5. The van der Waals surface area contributed by atoms with Gasteiger partial charge in [-0.1, -0.05) is 6.07 Å². The van der Waals surface area contributed by atoms with E-state index < -0.39 is 0 Å². The van der Waals surface area contributed by atoms with Crippen LogP contribution < -0.4 is 11.1 Å². The van der Waals surface area contributed by atoms with Crippen molar-refractivity contribution in [2.45, 2.75) is 6.54 Å². The molecular weight excluding hydrogens is 280 g/mol. The third-order valence-corrected chi connectivity index (χ3v) is 2.98. The SMILES string of the molecule is N#Cc1c(NCc2cccnc2)nc(N)nc1-c1ccco1. The number of nitrogens with two attached hydrogens (primary N) is 1. The Kier molecular flexibility index (Phi) is 3.66. The number of pyridine rings is 1. The molecule has 0 spiro atoms. The van der Waals surface area contributed by atoms with Gasteiger partial charge in [0.1, 0.15) is 17.3 Å². The third-order valence-electron chi connectivity index (χ3n) is 2.98. The normalized spacial score (nSPS) is 10.1. The van der Waals surface area contributed by atoms with E-state index in [1.54, 1.807) is 24.5 Å². The van der Waals surface area contributed by atoms with Crippen molar-refractivity contribution in [3.63, 3.8) is 0 Å². The van der Waals surface area contributed by atoms with Crippen LogP contribution in [0.4, 0.5) is 11.8 Å². The van der Waals surface area contributed by atoms with Gasteiger partial charge >= 0.3 is 0 Å². The summed E-state index contributed by atoms with van der Waals surface area (Å²) in [6.45, 7) is 0.469. The van der Waals surface area contributed by atoms with Crippen molar-refractivity contribution in [1.82, 2.24) is 15.0 Å². The van der Waals surface area contributed by atoms with Crippen molar-refractivity contribution in [3.05, 3.63) is 54.0 Å². The lowest BCUT2D eigenvalue weighted by atomic mass is 10.2.